The molecule has 9 nitrogen and oxygen atoms in total. The lowest BCUT2D eigenvalue weighted by Gasteiger charge is -2.26. The summed E-state index contributed by atoms with van der Waals surface area (Å²) in [5.74, 6) is -0.194. The third-order valence-corrected chi connectivity index (χ3v) is 4.90. The van der Waals surface area contributed by atoms with Gasteiger partial charge in [0, 0.05) is 11.3 Å². The van der Waals surface area contributed by atoms with Crippen molar-refractivity contribution in [3.05, 3.63) is 77.6 Å². The Morgan fingerprint density at radius 1 is 1.13 bits per heavy atom. The molecule has 0 fully saturated rings. The molecule has 1 atom stereocenters. The van der Waals surface area contributed by atoms with E-state index in [-0.39, 0.29) is 17.1 Å². The second-order valence-electron chi connectivity index (χ2n) is 6.73. The minimum atomic E-state index is -1.16. The topological polar surface area (TPSA) is 115 Å². The van der Waals surface area contributed by atoms with Gasteiger partial charge >= 0.3 is 5.97 Å². The quantitative estimate of drug-likeness (QED) is 0.561. The average molecular weight is 420 g/mol. The summed E-state index contributed by atoms with van der Waals surface area (Å²) in [6, 6.07) is 13.6. The van der Waals surface area contributed by atoms with Gasteiger partial charge in [0.15, 0.2) is 0 Å². The molecule has 0 spiro atoms. The molecule has 2 heterocycles. The molecule has 1 aliphatic rings. The van der Waals surface area contributed by atoms with Gasteiger partial charge in [0.2, 0.25) is 0 Å². The number of fused-ring (bicyclic) bond motifs is 1. The van der Waals surface area contributed by atoms with Crippen LogP contribution in [0.4, 0.5) is 11.5 Å². The zero-order valence-electron chi connectivity index (χ0n) is 16.8. The first-order valence-electron chi connectivity index (χ1n) is 9.39. The van der Waals surface area contributed by atoms with Crippen LogP contribution in [0.15, 0.2) is 66.5 Å². The molecule has 0 saturated carbocycles. The Labute approximate surface area is 177 Å². The van der Waals surface area contributed by atoms with E-state index in [9.17, 15) is 14.7 Å². The number of aromatic nitrogens is 2. The fourth-order valence-corrected chi connectivity index (χ4v) is 3.40. The predicted octanol–water partition coefficient (Wildman–Crippen LogP) is 3.14. The number of anilines is 2. The van der Waals surface area contributed by atoms with Gasteiger partial charge in [-0.2, -0.15) is 5.10 Å². The molecule has 0 bridgehead atoms. The maximum absolute atomic E-state index is 12.9. The van der Waals surface area contributed by atoms with Crippen LogP contribution in [0.3, 0.4) is 0 Å². The van der Waals surface area contributed by atoms with Crippen molar-refractivity contribution in [3.63, 3.8) is 0 Å². The largest absolute Gasteiger partial charge is 0.497 e. The fraction of sp³-hybridized carbons (Fsp3) is 0.136. The van der Waals surface area contributed by atoms with E-state index in [4.69, 9.17) is 9.47 Å². The summed E-state index contributed by atoms with van der Waals surface area (Å²) in [6.45, 7) is 0. The van der Waals surface area contributed by atoms with E-state index in [2.05, 4.69) is 15.7 Å². The number of rotatable bonds is 6. The number of carbonyl (C=O) groups is 2. The zero-order chi connectivity index (χ0) is 22.0. The molecule has 9 heteroatoms. The van der Waals surface area contributed by atoms with E-state index >= 15 is 0 Å². The minimum Gasteiger partial charge on any atom is -0.497 e. The number of allylic oxidation sites excluding steroid dienone is 1. The van der Waals surface area contributed by atoms with Gasteiger partial charge in [0.25, 0.3) is 5.91 Å². The molecule has 1 aromatic heterocycles. The molecule has 0 unspecified atom stereocenters. The molecular weight excluding hydrogens is 400 g/mol. The lowest BCUT2D eigenvalue weighted by atomic mass is 10.0. The molecule has 158 valence electrons. The molecule has 0 aliphatic carbocycles. The van der Waals surface area contributed by atoms with Crippen molar-refractivity contribution in [2.24, 2.45) is 0 Å². The van der Waals surface area contributed by atoms with Crippen molar-refractivity contribution in [2.45, 2.75) is 6.04 Å². The van der Waals surface area contributed by atoms with Crippen molar-refractivity contribution in [1.29, 1.82) is 0 Å². The van der Waals surface area contributed by atoms with Crippen LogP contribution in [-0.4, -0.2) is 41.0 Å². The summed E-state index contributed by atoms with van der Waals surface area (Å²) in [6.07, 6.45) is 2.91. The van der Waals surface area contributed by atoms with Crippen LogP contribution in [0.2, 0.25) is 0 Å². The first kappa shape index (κ1) is 20.0. The minimum absolute atomic E-state index is 0.0726. The summed E-state index contributed by atoms with van der Waals surface area (Å²) >= 11 is 0. The first-order chi connectivity index (χ1) is 15.0. The zero-order valence-corrected chi connectivity index (χ0v) is 16.8. The summed E-state index contributed by atoms with van der Waals surface area (Å²) in [5, 5.41) is 19.6. The number of para-hydroxylation sites is 1. The Morgan fingerprint density at radius 3 is 2.58 bits per heavy atom. The fourth-order valence-electron chi connectivity index (χ4n) is 3.40. The van der Waals surface area contributed by atoms with Crippen molar-refractivity contribution in [2.75, 3.05) is 24.9 Å². The van der Waals surface area contributed by atoms with Crippen LogP contribution in [0, 0.1) is 0 Å². The Bertz CT molecular complexity index is 1170. The SMILES string of the molecule is COc1ccc(OC)c([C@H]2C=C(C(=O)O)Nc3c(C(=O)Nc4ccccc4)cnn32)c1. The number of benzene rings is 2. The first-order valence-corrected chi connectivity index (χ1v) is 9.39. The average Bonchev–Trinajstić information content (AvgIpc) is 3.23. The van der Waals surface area contributed by atoms with Crippen LogP contribution in [-0.2, 0) is 4.79 Å². The Balaban J connectivity index is 1.79. The summed E-state index contributed by atoms with van der Waals surface area (Å²) < 4.78 is 12.3. The summed E-state index contributed by atoms with van der Waals surface area (Å²) in [7, 11) is 3.06. The standard InChI is InChI=1S/C22H20N4O5/c1-30-14-8-9-19(31-2)15(10-14)18-11-17(22(28)29)25-20-16(12-23-26(18)20)21(27)24-13-6-4-3-5-7-13/h3-12,18,25H,1-2H3,(H,24,27)(H,28,29)/t18-/m1/s1. The molecule has 31 heavy (non-hydrogen) atoms. The van der Waals surface area contributed by atoms with E-state index in [1.54, 1.807) is 47.1 Å². The molecule has 1 aliphatic heterocycles. The van der Waals surface area contributed by atoms with Gasteiger partial charge in [-0.1, -0.05) is 18.2 Å². The monoisotopic (exact) mass is 420 g/mol. The van der Waals surface area contributed by atoms with Gasteiger partial charge in [-0.15, -0.1) is 0 Å². The van der Waals surface area contributed by atoms with Gasteiger partial charge in [0.05, 0.1) is 20.4 Å². The van der Waals surface area contributed by atoms with Crippen molar-refractivity contribution in [3.8, 4) is 11.5 Å². The molecule has 3 aromatic rings. The number of carboxylic acid groups (broad SMARTS) is 1. The number of aliphatic carboxylic acids is 1. The number of nitrogens with one attached hydrogen (secondary N) is 2. The molecule has 2 aromatic carbocycles. The van der Waals surface area contributed by atoms with Crippen LogP contribution < -0.4 is 20.1 Å². The third kappa shape index (κ3) is 3.80. The molecule has 1 amide bonds. The van der Waals surface area contributed by atoms with Crippen LogP contribution in [0.1, 0.15) is 22.0 Å². The van der Waals surface area contributed by atoms with E-state index in [1.165, 1.54) is 26.5 Å². The summed E-state index contributed by atoms with van der Waals surface area (Å²) in [4.78, 5) is 24.7. The lowest BCUT2D eigenvalue weighted by Crippen LogP contribution is -2.26. The Morgan fingerprint density at radius 2 is 1.90 bits per heavy atom. The second-order valence-corrected chi connectivity index (χ2v) is 6.73. The van der Waals surface area contributed by atoms with Crippen LogP contribution in [0.25, 0.3) is 0 Å². The maximum atomic E-state index is 12.9. The van der Waals surface area contributed by atoms with Gasteiger partial charge in [-0.3, -0.25) is 4.79 Å². The van der Waals surface area contributed by atoms with Crippen molar-refractivity contribution in [1.82, 2.24) is 9.78 Å². The van der Waals surface area contributed by atoms with Gasteiger partial charge < -0.3 is 25.2 Å². The van der Waals surface area contributed by atoms with Crippen LogP contribution >= 0.6 is 0 Å². The highest BCUT2D eigenvalue weighted by atomic mass is 16.5. The molecule has 0 saturated heterocycles. The van der Waals surface area contributed by atoms with E-state index in [0.29, 0.717) is 22.7 Å². The normalized spacial score (nSPS) is 14.6. The third-order valence-electron chi connectivity index (χ3n) is 4.90. The number of carboxylic acids is 1. The Hall–Kier alpha value is -4.27. The van der Waals surface area contributed by atoms with Crippen molar-refractivity contribution < 1.29 is 24.2 Å². The molecule has 0 radical (unpaired) electrons. The Kier molecular flexibility index (Phi) is 5.31. The van der Waals surface area contributed by atoms with Gasteiger partial charge in [0.1, 0.15) is 34.6 Å². The smallest absolute Gasteiger partial charge is 0.352 e. The number of hydrogen-bond acceptors (Lipinski definition) is 6. The van der Waals surface area contributed by atoms with E-state index in [0.717, 1.165) is 0 Å². The predicted molar refractivity (Wildman–Crippen MR) is 114 cm³/mol. The number of hydrogen-bond donors (Lipinski definition) is 3. The second kappa shape index (κ2) is 8.23. The highest BCUT2D eigenvalue weighted by molar-refractivity contribution is 6.08. The van der Waals surface area contributed by atoms with Gasteiger partial charge in [-0.05, 0) is 36.4 Å². The molecule has 3 N–H and O–H groups in total. The maximum Gasteiger partial charge on any atom is 0.352 e. The molecule has 4 rings (SSSR count). The highest BCUT2D eigenvalue weighted by Crippen LogP contribution is 2.38. The number of carbonyl (C=O) groups excluding carboxylic acids is 1. The number of methoxy groups -OCH3 is 2. The van der Waals surface area contributed by atoms with Crippen molar-refractivity contribution >= 4 is 23.4 Å². The van der Waals surface area contributed by atoms with Gasteiger partial charge in [-0.25, -0.2) is 9.48 Å². The van der Waals surface area contributed by atoms with E-state index in [1.807, 2.05) is 6.07 Å². The van der Waals surface area contributed by atoms with E-state index < -0.39 is 17.9 Å². The highest BCUT2D eigenvalue weighted by Gasteiger charge is 2.31. The lowest BCUT2D eigenvalue weighted by molar-refractivity contribution is -0.132. The molecular formula is C22H20N4O5. The summed E-state index contributed by atoms with van der Waals surface area (Å²) in [5.41, 5.74) is 1.39. The number of nitrogens with zero attached hydrogens (tertiary/aromatic N) is 2. The number of ether oxygens (including phenoxy) is 2. The van der Waals surface area contributed by atoms with Crippen LogP contribution in [0.5, 0.6) is 11.5 Å². The number of amides is 1.